The fourth-order valence-electron chi connectivity index (χ4n) is 2.10. The second-order valence-corrected chi connectivity index (χ2v) is 4.89. The molecule has 1 heterocycles. The maximum atomic E-state index is 10.9. The normalized spacial score (nSPS) is 11.9. The summed E-state index contributed by atoms with van der Waals surface area (Å²) in [5, 5.41) is 13.9. The smallest absolute Gasteiger partial charge is 0.311 e. The second kappa shape index (κ2) is 6.69. The first kappa shape index (κ1) is 14.8. The van der Waals surface area contributed by atoms with Gasteiger partial charge in [0.1, 0.15) is 5.82 Å². The van der Waals surface area contributed by atoms with Gasteiger partial charge in [0, 0.05) is 12.6 Å². The molecule has 1 unspecified atom stereocenters. The Bertz CT molecular complexity index is 616. The van der Waals surface area contributed by atoms with E-state index in [0.717, 1.165) is 6.42 Å². The number of anilines is 2. The van der Waals surface area contributed by atoms with Gasteiger partial charge in [0.15, 0.2) is 0 Å². The molecule has 0 aliphatic heterocycles. The Labute approximate surface area is 123 Å². The predicted molar refractivity (Wildman–Crippen MR) is 83.3 cm³/mol. The summed E-state index contributed by atoms with van der Waals surface area (Å²) < 4.78 is 0. The quantitative estimate of drug-likeness (QED) is 0.628. The number of nitrogens with two attached hydrogens (primary N) is 1. The zero-order chi connectivity index (χ0) is 15.2. The fourth-order valence-corrected chi connectivity index (χ4v) is 2.10. The molecule has 6 nitrogen and oxygen atoms in total. The van der Waals surface area contributed by atoms with Crippen LogP contribution in [0.4, 0.5) is 17.3 Å². The molecular weight excluding hydrogens is 268 g/mol. The highest BCUT2D eigenvalue weighted by Crippen LogP contribution is 2.24. The number of pyridine rings is 1. The zero-order valence-electron chi connectivity index (χ0n) is 11.8. The SMILES string of the molecule is CC(CCNc1nc(N)ccc1[N+](=O)[O-])c1ccccc1. The highest BCUT2D eigenvalue weighted by Gasteiger charge is 2.15. The molecule has 0 amide bonds. The Hall–Kier alpha value is -2.63. The number of nitrogen functional groups attached to an aromatic ring is 1. The minimum atomic E-state index is -0.463. The molecule has 110 valence electrons. The van der Waals surface area contributed by atoms with E-state index in [0.29, 0.717) is 12.5 Å². The van der Waals surface area contributed by atoms with Gasteiger partial charge in [-0.25, -0.2) is 4.98 Å². The Balaban J connectivity index is 1.97. The number of nitrogens with zero attached hydrogens (tertiary/aromatic N) is 2. The molecule has 2 rings (SSSR count). The minimum absolute atomic E-state index is 0.0587. The average molecular weight is 286 g/mol. The van der Waals surface area contributed by atoms with Gasteiger partial charge in [-0.2, -0.15) is 0 Å². The van der Waals surface area contributed by atoms with Crippen molar-refractivity contribution in [2.75, 3.05) is 17.6 Å². The first-order chi connectivity index (χ1) is 10.1. The van der Waals surface area contributed by atoms with Crippen LogP contribution in [0.5, 0.6) is 0 Å². The lowest BCUT2D eigenvalue weighted by atomic mass is 9.98. The first-order valence-corrected chi connectivity index (χ1v) is 6.77. The van der Waals surface area contributed by atoms with Crippen LogP contribution in [-0.2, 0) is 0 Å². The molecule has 0 radical (unpaired) electrons. The van der Waals surface area contributed by atoms with Gasteiger partial charge in [0.2, 0.25) is 5.82 Å². The molecule has 0 spiro atoms. The number of benzene rings is 1. The van der Waals surface area contributed by atoms with Gasteiger partial charge in [0.25, 0.3) is 0 Å². The highest BCUT2D eigenvalue weighted by atomic mass is 16.6. The van der Waals surface area contributed by atoms with Gasteiger partial charge in [-0.05, 0) is 24.0 Å². The molecule has 2 aromatic rings. The lowest BCUT2D eigenvalue weighted by molar-refractivity contribution is -0.384. The van der Waals surface area contributed by atoms with E-state index >= 15 is 0 Å². The molecule has 0 aliphatic rings. The van der Waals surface area contributed by atoms with Crippen molar-refractivity contribution < 1.29 is 4.92 Å². The van der Waals surface area contributed by atoms with Crippen LogP contribution in [0.2, 0.25) is 0 Å². The van der Waals surface area contributed by atoms with Crippen molar-refractivity contribution >= 4 is 17.3 Å². The van der Waals surface area contributed by atoms with Gasteiger partial charge in [-0.15, -0.1) is 0 Å². The van der Waals surface area contributed by atoms with Crippen molar-refractivity contribution in [3.63, 3.8) is 0 Å². The molecule has 1 atom stereocenters. The summed E-state index contributed by atoms with van der Waals surface area (Å²) in [6.45, 7) is 2.71. The van der Waals surface area contributed by atoms with Crippen LogP contribution in [0, 0.1) is 10.1 Å². The van der Waals surface area contributed by atoms with E-state index in [1.165, 1.54) is 17.7 Å². The summed E-state index contributed by atoms with van der Waals surface area (Å²) in [6, 6.07) is 12.9. The number of nitrogens with one attached hydrogen (secondary N) is 1. The summed E-state index contributed by atoms with van der Waals surface area (Å²) in [4.78, 5) is 14.5. The minimum Gasteiger partial charge on any atom is -0.384 e. The van der Waals surface area contributed by atoms with Gasteiger partial charge < -0.3 is 11.1 Å². The van der Waals surface area contributed by atoms with Crippen molar-refractivity contribution in [2.45, 2.75) is 19.3 Å². The van der Waals surface area contributed by atoms with E-state index in [-0.39, 0.29) is 17.3 Å². The van der Waals surface area contributed by atoms with Crippen molar-refractivity contribution in [3.8, 4) is 0 Å². The Morgan fingerprint density at radius 1 is 1.29 bits per heavy atom. The lowest BCUT2D eigenvalue weighted by Gasteiger charge is -2.12. The summed E-state index contributed by atoms with van der Waals surface area (Å²) in [5.74, 6) is 0.846. The Morgan fingerprint density at radius 2 is 2.00 bits per heavy atom. The molecule has 0 bridgehead atoms. The van der Waals surface area contributed by atoms with Crippen LogP contribution in [0.15, 0.2) is 42.5 Å². The monoisotopic (exact) mass is 286 g/mol. The topological polar surface area (TPSA) is 94.1 Å². The zero-order valence-corrected chi connectivity index (χ0v) is 11.8. The van der Waals surface area contributed by atoms with Crippen molar-refractivity contribution in [2.24, 2.45) is 0 Å². The molecule has 6 heteroatoms. The summed E-state index contributed by atoms with van der Waals surface area (Å²) in [6.07, 6.45) is 0.845. The van der Waals surface area contributed by atoms with E-state index in [4.69, 9.17) is 5.73 Å². The van der Waals surface area contributed by atoms with Crippen LogP contribution < -0.4 is 11.1 Å². The van der Waals surface area contributed by atoms with Crippen molar-refractivity contribution in [1.29, 1.82) is 0 Å². The van der Waals surface area contributed by atoms with Gasteiger partial charge in [-0.3, -0.25) is 10.1 Å². The number of nitro groups is 1. The molecule has 3 N–H and O–H groups in total. The third kappa shape index (κ3) is 3.92. The molecule has 1 aromatic carbocycles. The molecule has 0 fully saturated rings. The van der Waals surface area contributed by atoms with Gasteiger partial charge in [-0.1, -0.05) is 37.3 Å². The average Bonchev–Trinajstić information content (AvgIpc) is 2.48. The van der Waals surface area contributed by atoms with Crippen LogP contribution >= 0.6 is 0 Å². The third-order valence-corrected chi connectivity index (χ3v) is 3.33. The fraction of sp³-hybridized carbons (Fsp3) is 0.267. The Morgan fingerprint density at radius 3 is 2.67 bits per heavy atom. The van der Waals surface area contributed by atoms with Crippen molar-refractivity contribution in [3.05, 3.63) is 58.1 Å². The standard InChI is InChI=1S/C15H18N4O2/c1-11(12-5-3-2-4-6-12)9-10-17-15-13(19(20)21)7-8-14(16)18-15/h2-8,11H,9-10H2,1H3,(H3,16,17,18). The van der Waals surface area contributed by atoms with Crippen LogP contribution in [0.1, 0.15) is 24.8 Å². The molecule has 0 saturated carbocycles. The number of aromatic nitrogens is 1. The number of hydrogen-bond donors (Lipinski definition) is 2. The second-order valence-electron chi connectivity index (χ2n) is 4.89. The summed E-state index contributed by atoms with van der Waals surface area (Å²) in [7, 11) is 0. The number of hydrogen-bond acceptors (Lipinski definition) is 5. The maximum Gasteiger partial charge on any atom is 0.311 e. The molecule has 1 aromatic heterocycles. The van der Waals surface area contributed by atoms with E-state index in [2.05, 4.69) is 29.4 Å². The highest BCUT2D eigenvalue weighted by molar-refractivity contribution is 5.59. The summed E-state index contributed by atoms with van der Waals surface area (Å²) in [5.41, 5.74) is 6.76. The molecule has 21 heavy (non-hydrogen) atoms. The summed E-state index contributed by atoms with van der Waals surface area (Å²) >= 11 is 0. The van der Waals surface area contributed by atoms with Gasteiger partial charge >= 0.3 is 5.69 Å². The van der Waals surface area contributed by atoms with E-state index in [1.807, 2.05) is 18.2 Å². The largest absolute Gasteiger partial charge is 0.384 e. The predicted octanol–water partition coefficient (Wildman–Crippen LogP) is 3.18. The molecule has 0 aliphatic carbocycles. The van der Waals surface area contributed by atoms with E-state index < -0.39 is 4.92 Å². The lowest BCUT2D eigenvalue weighted by Crippen LogP contribution is -2.09. The van der Waals surface area contributed by atoms with E-state index in [9.17, 15) is 10.1 Å². The van der Waals surface area contributed by atoms with Crippen molar-refractivity contribution in [1.82, 2.24) is 4.98 Å². The van der Waals surface area contributed by atoms with Crippen LogP contribution in [-0.4, -0.2) is 16.5 Å². The van der Waals surface area contributed by atoms with Crippen LogP contribution in [0.3, 0.4) is 0 Å². The molecular formula is C15H18N4O2. The third-order valence-electron chi connectivity index (χ3n) is 3.33. The maximum absolute atomic E-state index is 10.9. The molecule has 0 saturated heterocycles. The van der Waals surface area contributed by atoms with Crippen LogP contribution in [0.25, 0.3) is 0 Å². The van der Waals surface area contributed by atoms with E-state index in [1.54, 1.807) is 0 Å². The first-order valence-electron chi connectivity index (χ1n) is 6.77. The number of rotatable bonds is 6. The van der Waals surface area contributed by atoms with Gasteiger partial charge in [0.05, 0.1) is 4.92 Å². The Kier molecular flexibility index (Phi) is 4.71.